The van der Waals surface area contributed by atoms with Crippen LogP contribution in [0.25, 0.3) is 0 Å². The van der Waals surface area contributed by atoms with Crippen molar-refractivity contribution >= 4 is 23.6 Å². The molecule has 1 aliphatic heterocycles. The second kappa shape index (κ2) is 7.12. The molecule has 1 aliphatic rings. The van der Waals surface area contributed by atoms with Crippen LogP contribution in [0.5, 0.6) is 0 Å². The highest BCUT2D eigenvalue weighted by atomic mass is 16.4. The highest BCUT2D eigenvalue weighted by molar-refractivity contribution is 5.97. The standard InChI is InChI=1S/C16H25N5O4/c1-10(2)18-15(25)20-7-5-6-12(20)13(22)19-11-8-17-21(9-11)16(3,4)14(23)24/h8-10,12H,5-7H2,1-4H3,(H,18,25)(H,19,22)(H,23,24)/t12-/m0/s1. The Morgan fingerprint density at radius 1 is 1.36 bits per heavy atom. The molecule has 1 aromatic rings. The fourth-order valence-electron chi connectivity index (χ4n) is 2.63. The molecule has 0 aliphatic carbocycles. The van der Waals surface area contributed by atoms with E-state index in [1.165, 1.54) is 35.8 Å². The third-order valence-corrected chi connectivity index (χ3v) is 4.17. The summed E-state index contributed by atoms with van der Waals surface area (Å²) in [5.74, 6) is -1.33. The van der Waals surface area contributed by atoms with Crippen molar-refractivity contribution in [2.75, 3.05) is 11.9 Å². The van der Waals surface area contributed by atoms with Crippen LogP contribution in [0.15, 0.2) is 12.4 Å². The van der Waals surface area contributed by atoms with Crippen LogP contribution < -0.4 is 10.6 Å². The van der Waals surface area contributed by atoms with Crippen LogP contribution in [0, 0.1) is 0 Å². The van der Waals surface area contributed by atoms with Crippen molar-refractivity contribution in [3.63, 3.8) is 0 Å². The number of carbonyl (C=O) groups excluding carboxylic acids is 2. The van der Waals surface area contributed by atoms with Gasteiger partial charge in [0.25, 0.3) is 0 Å². The molecule has 1 fully saturated rings. The third-order valence-electron chi connectivity index (χ3n) is 4.17. The number of nitrogens with zero attached hydrogens (tertiary/aromatic N) is 3. The summed E-state index contributed by atoms with van der Waals surface area (Å²) >= 11 is 0. The average Bonchev–Trinajstić information content (AvgIpc) is 3.15. The van der Waals surface area contributed by atoms with Crippen molar-refractivity contribution in [3.8, 4) is 0 Å². The van der Waals surface area contributed by atoms with E-state index < -0.39 is 17.6 Å². The van der Waals surface area contributed by atoms with Crippen molar-refractivity contribution in [1.29, 1.82) is 0 Å². The lowest BCUT2D eigenvalue weighted by Crippen LogP contribution is -2.49. The van der Waals surface area contributed by atoms with E-state index in [9.17, 15) is 19.5 Å². The second-order valence-electron chi connectivity index (χ2n) is 6.98. The Bertz CT molecular complexity index is 667. The van der Waals surface area contributed by atoms with Crippen molar-refractivity contribution < 1.29 is 19.5 Å². The smallest absolute Gasteiger partial charge is 0.331 e. The molecule has 3 N–H and O–H groups in total. The largest absolute Gasteiger partial charge is 0.479 e. The van der Waals surface area contributed by atoms with Gasteiger partial charge in [0.15, 0.2) is 5.54 Å². The maximum Gasteiger partial charge on any atom is 0.331 e. The molecule has 1 aromatic heterocycles. The summed E-state index contributed by atoms with van der Waals surface area (Å²) in [5, 5.41) is 18.7. The van der Waals surface area contributed by atoms with E-state index in [1.807, 2.05) is 13.8 Å². The SMILES string of the molecule is CC(C)NC(=O)N1CCC[C@H]1C(=O)Nc1cnn(C(C)(C)C(=O)O)c1. The number of carbonyl (C=O) groups is 3. The molecule has 0 aromatic carbocycles. The van der Waals surface area contributed by atoms with Crippen LogP contribution in [0.2, 0.25) is 0 Å². The Balaban J connectivity index is 2.05. The quantitative estimate of drug-likeness (QED) is 0.737. The average molecular weight is 351 g/mol. The lowest BCUT2D eigenvalue weighted by atomic mass is 10.1. The van der Waals surface area contributed by atoms with E-state index >= 15 is 0 Å². The van der Waals surface area contributed by atoms with Gasteiger partial charge in [-0.05, 0) is 40.5 Å². The summed E-state index contributed by atoms with van der Waals surface area (Å²) in [6.45, 7) is 7.29. The molecule has 0 radical (unpaired) electrons. The molecule has 1 saturated heterocycles. The van der Waals surface area contributed by atoms with Crippen molar-refractivity contribution in [3.05, 3.63) is 12.4 Å². The number of rotatable bonds is 5. The first-order valence-corrected chi connectivity index (χ1v) is 8.29. The number of hydrogen-bond acceptors (Lipinski definition) is 4. The maximum absolute atomic E-state index is 12.5. The first-order valence-electron chi connectivity index (χ1n) is 8.29. The highest BCUT2D eigenvalue weighted by Gasteiger charge is 2.35. The number of nitrogens with one attached hydrogen (secondary N) is 2. The van der Waals surface area contributed by atoms with Gasteiger partial charge in [0.1, 0.15) is 6.04 Å². The number of urea groups is 1. The van der Waals surface area contributed by atoms with Gasteiger partial charge in [0.2, 0.25) is 5.91 Å². The van der Waals surface area contributed by atoms with Crippen molar-refractivity contribution in [2.24, 2.45) is 0 Å². The predicted octanol–water partition coefficient (Wildman–Crippen LogP) is 1.22. The minimum Gasteiger partial charge on any atom is -0.479 e. The zero-order chi connectivity index (χ0) is 18.8. The normalized spacial score (nSPS) is 17.6. The summed E-state index contributed by atoms with van der Waals surface area (Å²) in [6.07, 6.45) is 4.22. The number of anilines is 1. The number of carboxylic acids is 1. The summed E-state index contributed by atoms with van der Waals surface area (Å²) < 4.78 is 1.28. The summed E-state index contributed by atoms with van der Waals surface area (Å²) in [7, 11) is 0. The van der Waals surface area contributed by atoms with Crippen LogP contribution in [-0.4, -0.2) is 56.3 Å². The summed E-state index contributed by atoms with van der Waals surface area (Å²) in [6, 6.07) is -0.807. The Hall–Kier alpha value is -2.58. The van der Waals surface area contributed by atoms with Crippen LogP contribution in [-0.2, 0) is 15.1 Å². The molecule has 0 unspecified atom stereocenters. The molecule has 0 spiro atoms. The van der Waals surface area contributed by atoms with E-state index in [0.29, 0.717) is 18.7 Å². The van der Waals surface area contributed by atoms with Gasteiger partial charge < -0.3 is 20.6 Å². The Morgan fingerprint density at radius 2 is 2.04 bits per heavy atom. The lowest BCUT2D eigenvalue weighted by Gasteiger charge is -2.25. The molecule has 138 valence electrons. The Labute approximate surface area is 146 Å². The van der Waals surface area contributed by atoms with Gasteiger partial charge in [-0.15, -0.1) is 0 Å². The van der Waals surface area contributed by atoms with E-state index in [-0.39, 0.29) is 18.0 Å². The summed E-state index contributed by atoms with van der Waals surface area (Å²) in [5.41, 5.74) is -0.824. The molecular weight excluding hydrogens is 326 g/mol. The van der Waals surface area contributed by atoms with Gasteiger partial charge in [-0.3, -0.25) is 9.48 Å². The number of hydrogen-bond donors (Lipinski definition) is 3. The molecule has 25 heavy (non-hydrogen) atoms. The van der Waals surface area contributed by atoms with Crippen molar-refractivity contribution in [1.82, 2.24) is 20.0 Å². The Morgan fingerprint density at radius 3 is 2.64 bits per heavy atom. The van der Waals surface area contributed by atoms with Gasteiger partial charge in [0, 0.05) is 18.8 Å². The van der Waals surface area contributed by atoms with E-state index in [1.54, 1.807) is 0 Å². The minimum atomic E-state index is -1.22. The second-order valence-corrected chi connectivity index (χ2v) is 6.98. The zero-order valence-electron chi connectivity index (χ0n) is 14.9. The zero-order valence-corrected chi connectivity index (χ0v) is 14.9. The highest BCUT2D eigenvalue weighted by Crippen LogP contribution is 2.21. The number of likely N-dealkylation sites (tertiary alicyclic amines) is 1. The Kier molecular flexibility index (Phi) is 5.34. The van der Waals surface area contributed by atoms with E-state index in [4.69, 9.17) is 0 Å². The molecule has 3 amide bonds. The molecule has 0 bridgehead atoms. The van der Waals surface area contributed by atoms with E-state index in [0.717, 1.165) is 6.42 Å². The molecule has 2 heterocycles. The maximum atomic E-state index is 12.5. The van der Waals surface area contributed by atoms with Crippen LogP contribution in [0.3, 0.4) is 0 Å². The molecular formula is C16H25N5O4. The van der Waals surface area contributed by atoms with Crippen LogP contribution in [0.4, 0.5) is 10.5 Å². The van der Waals surface area contributed by atoms with Crippen LogP contribution >= 0.6 is 0 Å². The van der Waals surface area contributed by atoms with Gasteiger partial charge >= 0.3 is 12.0 Å². The first-order chi connectivity index (χ1) is 11.6. The summed E-state index contributed by atoms with van der Waals surface area (Å²) in [4.78, 5) is 37.5. The number of aromatic nitrogens is 2. The van der Waals surface area contributed by atoms with Gasteiger partial charge in [0.05, 0.1) is 11.9 Å². The number of amides is 3. The first kappa shape index (κ1) is 18.8. The molecule has 9 heteroatoms. The predicted molar refractivity (Wildman–Crippen MR) is 91.2 cm³/mol. The minimum absolute atomic E-state index is 0.00621. The van der Waals surface area contributed by atoms with Crippen LogP contribution in [0.1, 0.15) is 40.5 Å². The van der Waals surface area contributed by atoms with Crippen molar-refractivity contribution in [2.45, 2.75) is 58.2 Å². The lowest BCUT2D eigenvalue weighted by molar-refractivity contribution is -0.146. The molecule has 1 atom stereocenters. The number of carboxylic acid groups (broad SMARTS) is 1. The van der Waals surface area contributed by atoms with Gasteiger partial charge in [-0.1, -0.05) is 0 Å². The number of aliphatic carboxylic acids is 1. The third kappa shape index (κ3) is 4.09. The topological polar surface area (TPSA) is 117 Å². The van der Waals surface area contributed by atoms with Gasteiger partial charge in [-0.2, -0.15) is 5.10 Å². The van der Waals surface area contributed by atoms with E-state index in [2.05, 4.69) is 15.7 Å². The monoisotopic (exact) mass is 351 g/mol. The molecule has 2 rings (SSSR count). The van der Waals surface area contributed by atoms with Gasteiger partial charge in [-0.25, -0.2) is 9.59 Å². The fourth-order valence-corrected chi connectivity index (χ4v) is 2.63. The fraction of sp³-hybridized carbons (Fsp3) is 0.625. The molecule has 0 saturated carbocycles. The molecule has 9 nitrogen and oxygen atoms in total.